The number of thioether (sulfide) groups is 1. The number of aryl methyl sites for hydroxylation is 1. The van der Waals surface area contributed by atoms with Gasteiger partial charge in [-0.1, -0.05) is 17.7 Å². The van der Waals surface area contributed by atoms with Gasteiger partial charge in [0.15, 0.2) is 0 Å². The predicted octanol–water partition coefficient (Wildman–Crippen LogP) is 2.60. The maximum Gasteiger partial charge on any atom is 0.257 e. The minimum absolute atomic E-state index is 0.0620. The fourth-order valence-electron chi connectivity index (χ4n) is 2.73. The Kier molecular flexibility index (Phi) is 4.85. The summed E-state index contributed by atoms with van der Waals surface area (Å²) in [6.07, 6.45) is 3.56. The molecular weight excluding hydrogens is 322 g/mol. The van der Waals surface area contributed by atoms with Crippen molar-refractivity contribution in [3.05, 3.63) is 53.7 Å². The molecule has 0 atom stereocenters. The SMILES string of the molecule is CSc1ncccc1C(=O)N1CCN(c2ccc(C)cc2)C(=O)C1. The Morgan fingerprint density at radius 2 is 1.92 bits per heavy atom. The molecule has 0 N–H and O–H groups in total. The first-order valence-corrected chi connectivity index (χ1v) is 8.98. The lowest BCUT2D eigenvalue weighted by Crippen LogP contribution is -2.52. The fourth-order valence-corrected chi connectivity index (χ4v) is 3.27. The van der Waals surface area contributed by atoms with Crippen LogP contribution in [0.15, 0.2) is 47.6 Å². The summed E-state index contributed by atoms with van der Waals surface area (Å²) >= 11 is 1.43. The summed E-state index contributed by atoms with van der Waals surface area (Å²) in [6, 6.07) is 11.4. The number of hydrogen-bond donors (Lipinski definition) is 0. The highest BCUT2D eigenvalue weighted by molar-refractivity contribution is 7.98. The van der Waals surface area contributed by atoms with E-state index in [-0.39, 0.29) is 18.4 Å². The van der Waals surface area contributed by atoms with E-state index in [0.717, 1.165) is 11.3 Å². The molecular formula is C18H19N3O2S. The van der Waals surface area contributed by atoms with Gasteiger partial charge >= 0.3 is 0 Å². The quantitative estimate of drug-likeness (QED) is 0.805. The smallest absolute Gasteiger partial charge is 0.257 e. The Hall–Kier alpha value is -2.34. The number of piperazine rings is 1. The van der Waals surface area contributed by atoms with Crippen LogP contribution in [0.1, 0.15) is 15.9 Å². The Morgan fingerprint density at radius 3 is 2.58 bits per heavy atom. The van der Waals surface area contributed by atoms with Crippen molar-refractivity contribution in [1.29, 1.82) is 0 Å². The lowest BCUT2D eigenvalue weighted by Gasteiger charge is -2.34. The molecule has 0 unspecified atom stereocenters. The zero-order valence-corrected chi connectivity index (χ0v) is 14.5. The molecule has 0 spiro atoms. The van der Waals surface area contributed by atoms with Crippen LogP contribution in [0.3, 0.4) is 0 Å². The van der Waals surface area contributed by atoms with E-state index in [1.165, 1.54) is 11.8 Å². The summed E-state index contributed by atoms with van der Waals surface area (Å²) in [7, 11) is 0. The van der Waals surface area contributed by atoms with Gasteiger partial charge in [0.2, 0.25) is 5.91 Å². The Balaban J connectivity index is 1.74. The molecule has 0 bridgehead atoms. The molecule has 5 nitrogen and oxygen atoms in total. The van der Waals surface area contributed by atoms with Gasteiger partial charge in [-0.15, -0.1) is 11.8 Å². The fraction of sp³-hybridized carbons (Fsp3) is 0.278. The second-order valence-corrected chi connectivity index (χ2v) is 6.46. The van der Waals surface area contributed by atoms with E-state index in [9.17, 15) is 9.59 Å². The number of pyridine rings is 1. The van der Waals surface area contributed by atoms with Crippen molar-refractivity contribution in [3.8, 4) is 0 Å². The van der Waals surface area contributed by atoms with Gasteiger partial charge in [-0.3, -0.25) is 9.59 Å². The van der Waals surface area contributed by atoms with Gasteiger partial charge in [0.1, 0.15) is 11.6 Å². The van der Waals surface area contributed by atoms with Crippen molar-refractivity contribution in [2.45, 2.75) is 11.9 Å². The van der Waals surface area contributed by atoms with Crippen LogP contribution in [0.5, 0.6) is 0 Å². The average Bonchev–Trinajstić information content (AvgIpc) is 2.62. The normalized spacial score (nSPS) is 14.8. The number of nitrogens with zero attached hydrogens (tertiary/aromatic N) is 3. The molecule has 1 aliphatic heterocycles. The topological polar surface area (TPSA) is 53.5 Å². The number of amides is 2. The highest BCUT2D eigenvalue weighted by Gasteiger charge is 2.29. The molecule has 2 heterocycles. The van der Waals surface area contributed by atoms with Crippen LogP contribution in [0.2, 0.25) is 0 Å². The van der Waals surface area contributed by atoms with E-state index >= 15 is 0 Å². The van der Waals surface area contributed by atoms with Gasteiger partial charge in [0.25, 0.3) is 5.91 Å². The summed E-state index contributed by atoms with van der Waals surface area (Å²) in [4.78, 5) is 32.8. The number of benzene rings is 1. The molecule has 124 valence electrons. The number of hydrogen-bond acceptors (Lipinski definition) is 4. The summed E-state index contributed by atoms with van der Waals surface area (Å²) in [5.41, 5.74) is 2.59. The average molecular weight is 341 g/mol. The van der Waals surface area contributed by atoms with Crippen molar-refractivity contribution in [2.75, 3.05) is 30.8 Å². The number of carbonyl (C=O) groups is 2. The van der Waals surface area contributed by atoms with E-state index in [1.54, 1.807) is 28.1 Å². The third-order valence-electron chi connectivity index (χ3n) is 4.05. The van der Waals surface area contributed by atoms with Crippen LogP contribution in [0, 0.1) is 6.92 Å². The van der Waals surface area contributed by atoms with Gasteiger partial charge in [-0.05, 0) is 37.4 Å². The van der Waals surface area contributed by atoms with E-state index in [2.05, 4.69) is 4.98 Å². The number of rotatable bonds is 3. The number of carbonyl (C=O) groups excluding carboxylic acids is 2. The lowest BCUT2D eigenvalue weighted by molar-refractivity contribution is -0.120. The van der Waals surface area contributed by atoms with E-state index in [0.29, 0.717) is 23.7 Å². The van der Waals surface area contributed by atoms with Gasteiger partial charge in [-0.2, -0.15) is 0 Å². The second kappa shape index (κ2) is 7.05. The Bertz CT molecular complexity index is 761. The van der Waals surface area contributed by atoms with Crippen LogP contribution in [-0.4, -0.2) is 47.6 Å². The maximum absolute atomic E-state index is 12.7. The monoisotopic (exact) mass is 341 g/mol. The third-order valence-corrected chi connectivity index (χ3v) is 4.76. The molecule has 1 aromatic heterocycles. The predicted molar refractivity (Wildman–Crippen MR) is 95.5 cm³/mol. The highest BCUT2D eigenvalue weighted by Crippen LogP contribution is 2.22. The summed E-state index contributed by atoms with van der Waals surface area (Å²) in [6.45, 7) is 3.12. The molecule has 1 fully saturated rings. The van der Waals surface area contributed by atoms with Crippen LogP contribution in [0.25, 0.3) is 0 Å². The van der Waals surface area contributed by atoms with Gasteiger partial charge in [0.05, 0.1) is 5.56 Å². The molecule has 0 aliphatic carbocycles. The molecule has 2 amide bonds. The minimum Gasteiger partial charge on any atom is -0.327 e. The zero-order chi connectivity index (χ0) is 17.1. The van der Waals surface area contributed by atoms with Crippen LogP contribution < -0.4 is 4.90 Å². The molecule has 24 heavy (non-hydrogen) atoms. The van der Waals surface area contributed by atoms with Crippen LogP contribution >= 0.6 is 11.8 Å². The van der Waals surface area contributed by atoms with Gasteiger partial charge < -0.3 is 9.80 Å². The first-order chi connectivity index (χ1) is 11.6. The van der Waals surface area contributed by atoms with Crippen molar-refractivity contribution >= 4 is 29.3 Å². The van der Waals surface area contributed by atoms with Gasteiger partial charge in [0, 0.05) is 25.0 Å². The first-order valence-electron chi connectivity index (χ1n) is 7.75. The van der Waals surface area contributed by atoms with Gasteiger partial charge in [-0.25, -0.2) is 4.98 Å². The zero-order valence-electron chi connectivity index (χ0n) is 13.7. The van der Waals surface area contributed by atoms with E-state index in [4.69, 9.17) is 0 Å². The van der Waals surface area contributed by atoms with Crippen molar-refractivity contribution in [3.63, 3.8) is 0 Å². The molecule has 1 saturated heterocycles. The third kappa shape index (κ3) is 3.28. The largest absolute Gasteiger partial charge is 0.327 e. The van der Waals surface area contributed by atoms with Crippen LogP contribution in [0.4, 0.5) is 5.69 Å². The standard InChI is InChI=1S/C18H19N3O2S/c1-13-5-7-14(8-6-13)21-11-10-20(12-16(21)22)18(23)15-4-3-9-19-17(15)24-2/h3-9H,10-12H2,1-2H3. The molecule has 2 aromatic rings. The lowest BCUT2D eigenvalue weighted by atomic mass is 10.1. The van der Waals surface area contributed by atoms with E-state index < -0.39 is 0 Å². The molecule has 1 aliphatic rings. The van der Waals surface area contributed by atoms with E-state index in [1.807, 2.05) is 37.4 Å². The molecule has 6 heteroatoms. The second-order valence-electron chi connectivity index (χ2n) is 5.67. The Morgan fingerprint density at radius 1 is 1.17 bits per heavy atom. The maximum atomic E-state index is 12.7. The van der Waals surface area contributed by atoms with Crippen molar-refractivity contribution in [1.82, 2.24) is 9.88 Å². The molecule has 1 aromatic carbocycles. The minimum atomic E-state index is -0.135. The highest BCUT2D eigenvalue weighted by atomic mass is 32.2. The molecule has 3 rings (SSSR count). The Labute approximate surface area is 145 Å². The van der Waals surface area contributed by atoms with Crippen molar-refractivity contribution < 1.29 is 9.59 Å². The molecule has 0 saturated carbocycles. The summed E-state index contributed by atoms with van der Waals surface area (Å²) < 4.78 is 0. The molecule has 0 radical (unpaired) electrons. The summed E-state index contributed by atoms with van der Waals surface area (Å²) in [5, 5.41) is 0.691. The number of anilines is 1. The number of aromatic nitrogens is 1. The first kappa shape index (κ1) is 16.5. The van der Waals surface area contributed by atoms with Crippen molar-refractivity contribution in [2.24, 2.45) is 0 Å². The van der Waals surface area contributed by atoms with Crippen LogP contribution in [-0.2, 0) is 4.79 Å². The summed E-state index contributed by atoms with van der Waals surface area (Å²) in [5.74, 6) is -0.197.